The lowest BCUT2D eigenvalue weighted by Crippen LogP contribution is -2.27. The maximum absolute atomic E-state index is 12.4. The Balaban J connectivity index is 1.56. The first-order chi connectivity index (χ1) is 12.4. The Kier molecular flexibility index (Phi) is 5.16. The molecule has 1 aromatic heterocycles. The summed E-state index contributed by atoms with van der Waals surface area (Å²) in [6, 6.07) is 13.5. The van der Waals surface area contributed by atoms with Crippen LogP contribution >= 0.6 is 0 Å². The van der Waals surface area contributed by atoms with Crippen molar-refractivity contribution in [3.05, 3.63) is 65.9 Å². The van der Waals surface area contributed by atoms with E-state index in [4.69, 9.17) is 0 Å². The molecule has 0 bridgehead atoms. The molecule has 3 rings (SSSR count). The minimum absolute atomic E-state index is 0.180. The highest BCUT2D eigenvalue weighted by Gasteiger charge is 2.32. The van der Waals surface area contributed by atoms with Crippen molar-refractivity contribution in [2.24, 2.45) is 0 Å². The fourth-order valence-electron chi connectivity index (χ4n) is 2.78. The molecular formula is C19H17F3N2O2. The number of fused-ring (bicyclic) bond motifs is 1. The molecule has 0 fully saturated rings. The summed E-state index contributed by atoms with van der Waals surface area (Å²) in [5.41, 5.74) is 2.28. The molecule has 7 heteroatoms. The van der Waals surface area contributed by atoms with Crippen molar-refractivity contribution in [3.8, 4) is 5.75 Å². The van der Waals surface area contributed by atoms with Gasteiger partial charge >= 0.3 is 6.36 Å². The number of H-pyrrole nitrogens is 1. The largest absolute Gasteiger partial charge is 0.573 e. The van der Waals surface area contributed by atoms with Crippen LogP contribution in [0.2, 0.25) is 0 Å². The molecular weight excluding hydrogens is 345 g/mol. The minimum Gasteiger partial charge on any atom is -0.405 e. The maximum Gasteiger partial charge on any atom is 0.573 e. The summed E-state index contributed by atoms with van der Waals surface area (Å²) in [5.74, 6) is -0.713. The van der Waals surface area contributed by atoms with Gasteiger partial charge in [-0.25, -0.2) is 0 Å². The summed E-state index contributed by atoms with van der Waals surface area (Å²) in [4.78, 5) is 15.2. The van der Waals surface area contributed by atoms with Gasteiger partial charge in [-0.15, -0.1) is 13.2 Å². The topological polar surface area (TPSA) is 54.1 Å². The number of aromatic nitrogens is 1. The fraction of sp³-hybridized carbons (Fsp3) is 0.211. The summed E-state index contributed by atoms with van der Waals surface area (Å²) in [7, 11) is 0. The Morgan fingerprint density at radius 2 is 1.77 bits per heavy atom. The number of carbonyl (C=O) groups is 1. The second-order valence-corrected chi connectivity index (χ2v) is 5.79. The van der Waals surface area contributed by atoms with Gasteiger partial charge in [0.1, 0.15) is 5.75 Å². The van der Waals surface area contributed by atoms with Crippen LogP contribution in [0.3, 0.4) is 0 Å². The van der Waals surface area contributed by atoms with E-state index >= 15 is 0 Å². The lowest BCUT2D eigenvalue weighted by Gasteiger charge is -2.13. The van der Waals surface area contributed by atoms with Crippen LogP contribution in [0.5, 0.6) is 5.75 Å². The zero-order valence-corrected chi connectivity index (χ0v) is 13.8. The van der Waals surface area contributed by atoms with Gasteiger partial charge < -0.3 is 15.0 Å². The number of rotatable bonds is 6. The summed E-state index contributed by atoms with van der Waals surface area (Å²) in [6.07, 6.45) is -2.46. The van der Waals surface area contributed by atoms with E-state index in [0.717, 1.165) is 16.5 Å². The normalized spacial score (nSPS) is 11.5. The second kappa shape index (κ2) is 7.51. The number of halogens is 3. The third-order valence-corrected chi connectivity index (χ3v) is 3.94. The lowest BCUT2D eigenvalue weighted by molar-refractivity contribution is -0.274. The first kappa shape index (κ1) is 17.8. The molecule has 26 heavy (non-hydrogen) atoms. The number of amides is 1. The van der Waals surface area contributed by atoms with Crippen molar-refractivity contribution in [2.75, 3.05) is 6.54 Å². The average Bonchev–Trinajstić information content (AvgIpc) is 2.99. The lowest BCUT2D eigenvalue weighted by atomic mass is 10.1. The van der Waals surface area contributed by atoms with Crippen LogP contribution < -0.4 is 10.1 Å². The van der Waals surface area contributed by atoms with Gasteiger partial charge in [0, 0.05) is 29.2 Å². The highest BCUT2D eigenvalue weighted by molar-refractivity contribution is 5.83. The molecule has 2 N–H and O–H groups in total. The van der Waals surface area contributed by atoms with Gasteiger partial charge in [-0.05, 0) is 24.1 Å². The number of nitrogens with one attached hydrogen (secondary N) is 2. The standard InChI is InChI=1S/C19H17F3N2O2/c20-19(21,22)26-17-8-4-1-5-13(17)11-18(25)23-10-9-14-12-24-16-7-3-2-6-15(14)16/h1-8,12,24H,9-11H2,(H,23,25). The Labute approximate surface area is 148 Å². The van der Waals surface area contributed by atoms with E-state index < -0.39 is 6.36 Å². The smallest absolute Gasteiger partial charge is 0.405 e. The molecule has 136 valence electrons. The third-order valence-electron chi connectivity index (χ3n) is 3.94. The van der Waals surface area contributed by atoms with Gasteiger partial charge in [0.05, 0.1) is 6.42 Å². The van der Waals surface area contributed by atoms with Crippen LogP contribution in [0.4, 0.5) is 13.2 Å². The Morgan fingerprint density at radius 1 is 1.04 bits per heavy atom. The van der Waals surface area contributed by atoms with E-state index in [1.807, 2.05) is 30.5 Å². The number of aromatic amines is 1. The molecule has 0 saturated heterocycles. The fourth-order valence-corrected chi connectivity index (χ4v) is 2.78. The molecule has 4 nitrogen and oxygen atoms in total. The van der Waals surface area contributed by atoms with Gasteiger partial charge in [0.2, 0.25) is 5.91 Å². The van der Waals surface area contributed by atoms with Gasteiger partial charge in [0.25, 0.3) is 0 Å². The zero-order valence-electron chi connectivity index (χ0n) is 13.8. The molecule has 0 aliphatic rings. The Bertz CT molecular complexity index is 903. The molecule has 1 heterocycles. The van der Waals surface area contributed by atoms with Crippen molar-refractivity contribution in [1.29, 1.82) is 0 Å². The minimum atomic E-state index is -4.79. The molecule has 0 unspecified atom stereocenters. The van der Waals surface area contributed by atoms with Crippen LogP contribution in [-0.2, 0) is 17.6 Å². The second-order valence-electron chi connectivity index (χ2n) is 5.79. The van der Waals surface area contributed by atoms with E-state index in [1.165, 1.54) is 18.2 Å². The highest BCUT2D eigenvalue weighted by atomic mass is 19.4. The molecule has 0 radical (unpaired) electrons. The number of benzene rings is 2. The zero-order chi connectivity index (χ0) is 18.6. The van der Waals surface area contributed by atoms with Crippen LogP contribution in [0.1, 0.15) is 11.1 Å². The quantitative estimate of drug-likeness (QED) is 0.697. The van der Waals surface area contributed by atoms with Crippen LogP contribution in [0.15, 0.2) is 54.7 Å². The highest BCUT2D eigenvalue weighted by Crippen LogP contribution is 2.26. The summed E-state index contributed by atoms with van der Waals surface area (Å²) >= 11 is 0. The van der Waals surface area contributed by atoms with Gasteiger partial charge in [-0.1, -0.05) is 36.4 Å². The molecule has 0 atom stereocenters. The first-order valence-corrected chi connectivity index (χ1v) is 8.08. The predicted molar refractivity (Wildman–Crippen MR) is 91.8 cm³/mol. The number of ether oxygens (including phenoxy) is 1. The van der Waals surface area contributed by atoms with Crippen LogP contribution in [0, 0.1) is 0 Å². The van der Waals surface area contributed by atoms with Gasteiger partial charge in [0.15, 0.2) is 0 Å². The Hall–Kier alpha value is -2.96. The number of carbonyl (C=O) groups excluding carboxylic acids is 1. The molecule has 0 spiro atoms. The van der Waals surface area contributed by atoms with E-state index in [2.05, 4.69) is 15.0 Å². The molecule has 0 aliphatic heterocycles. The van der Waals surface area contributed by atoms with Crippen molar-refractivity contribution >= 4 is 16.8 Å². The van der Waals surface area contributed by atoms with Crippen LogP contribution in [-0.4, -0.2) is 23.8 Å². The van der Waals surface area contributed by atoms with E-state index in [-0.39, 0.29) is 23.6 Å². The first-order valence-electron chi connectivity index (χ1n) is 8.08. The number of alkyl halides is 3. The van der Waals surface area contributed by atoms with Crippen molar-refractivity contribution in [3.63, 3.8) is 0 Å². The van der Waals surface area contributed by atoms with E-state index in [0.29, 0.717) is 13.0 Å². The SMILES string of the molecule is O=C(Cc1ccccc1OC(F)(F)F)NCCc1c[nH]c2ccccc12. The molecule has 0 saturated carbocycles. The third kappa shape index (κ3) is 4.56. The number of hydrogen-bond donors (Lipinski definition) is 2. The molecule has 3 aromatic rings. The summed E-state index contributed by atoms with van der Waals surface area (Å²) in [5, 5.41) is 3.82. The van der Waals surface area contributed by atoms with Gasteiger partial charge in [-0.3, -0.25) is 4.79 Å². The molecule has 2 aromatic carbocycles. The van der Waals surface area contributed by atoms with Crippen molar-refractivity contribution in [1.82, 2.24) is 10.3 Å². The average molecular weight is 362 g/mol. The molecule has 0 aliphatic carbocycles. The van der Waals surface area contributed by atoms with Crippen molar-refractivity contribution < 1.29 is 22.7 Å². The monoisotopic (exact) mass is 362 g/mol. The summed E-state index contributed by atoms with van der Waals surface area (Å²) in [6.45, 7) is 0.392. The number of para-hydroxylation sites is 2. The maximum atomic E-state index is 12.4. The van der Waals surface area contributed by atoms with Crippen LogP contribution in [0.25, 0.3) is 10.9 Å². The Morgan fingerprint density at radius 3 is 2.58 bits per heavy atom. The summed E-state index contributed by atoms with van der Waals surface area (Å²) < 4.78 is 41.2. The van der Waals surface area contributed by atoms with E-state index in [1.54, 1.807) is 6.07 Å². The van der Waals surface area contributed by atoms with Crippen molar-refractivity contribution in [2.45, 2.75) is 19.2 Å². The number of hydrogen-bond acceptors (Lipinski definition) is 2. The van der Waals surface area contributed by atoms with Gasteiger partial charge in [-0.2, -0.15) is 0 Å². The molecule has 1 amide bonds. The van der Waals surface area contributed by atoms with E-state index in [9.17, 15) is 18.0 Å². The predicted octanol–water partition coefficient (Wildman–Crippen LogP) is 3.97.